The first-order valence-corrected chi connectivity index (χ1v) is 7.00. The van der Waals surface area contributed by atoms with Gasteiger partial charge < -0.3 is 19.8 Å². The zero-order valence-electron chi connectivity index (χ0n) is 12.4. The molecular formula is C14H15ClF3N3O3. The Kier molecular flexibility index (Phi) is 5.68. The SMILES string of the molecule is Cl.O=C(CC1COCCN1)Nc1ccc2oc(C(F)(F)F)nc2c1. The van der Waals surface area contributed by atoms with Gasteiger partial charge in [-0.05, 0) is 18.2 Å². The van der Waals surface area contributed by atoms with Crippen LogP contribution < -0.4 is 10.6 Å². The third kappa shape index (κ3) is 4.37. The van der Waals surface area contributed by atoms with E-state index in [0.717, 1.165) is 0 Å². The molecule has 0 spiro atoms. The van der Waals surface area contributed by atoms with Crippen molar-refractivity contribution in [3.63, 3.8) is 0 Å². The molecule has 24 heavy (non-hydrogen) atoms. The van der Waals surface area contributed by atoms with Crippen LogP contribution in [0.2, 0.25) is 0 Å². The van der Waals surface area contributed by atoms with Crippen molar-refractivity contribution in [2.24, 2.45) is 0 Å². The molecule has 1 saturated heterocycles. The summed E-state index contributed by atoms with van der Waals surface area (Å²) in [5, 5.41) is 5.78. The standard InChI is InChI=1S/C14H14F3N3O3.ClH/c15-14(16,17)13-20-10-5-8(1-2-11(10)23-13)19-12(21)6-9-7-22-4-3-18-9;/h1-2,5,9,18H,3-4,6-7H2,(H,19,21);1H. The molecule has 1 amide bonds. The fourth-order valence-electron chi connectivity index (χ4n) is 2.31. The third-order valence-electron chi connectivity index (χ3n) is 3.34. The number of anilines is 1. The van der Waals surface area contributed by atoms with Crippen LogP contribution in [-0.4, -0.2) is 36.7 Å². The lowest BCUT2D eigenvalue weighted by molar-refractivity contribution is -0.156. The molecule has 0 aliphatic carbocycles. The van der Waals surface area contributed by atoms with E-state index >= 15 is 0 Å². The summed E-state index contributed by atoms with van der Waals surface area (Å²) in [6.07, 6.45) is -4.43. The van der Waals surface area contributed by atoms with Crippen LogP contribution in [0.25, 0.3) is 11.1 Å². The van der Waals surface area contributed by atoms with Crippen molar-refractivity contribution in [3.8, 4) is 0 Å². The second kappa shape index (κ2) is 7.37. The summed E-state index contributed by atoms with van der Waals surface area (Å²) < 4.78 is 47.6. The Labute approximate surface area is 141 Å². The first-order chi connectivity index (χ1) is 10.9. The van der Waals surface area contributed by atoms with E-state index in [-0.39, 0.29) is 41.9 Å². The second-order valence-corrected chi connectivity index (χ2v) is 5.18. The van der Waals surface area contributed by atoms with Crippen LogP contribution in [0.15, 0.2) is 22.6 Å². The molecule has 1 atom stereocenters. The van der Waals surface area contributed by atoms with Crippen molar-refractivity contribution >= 4 is 35.1 Å². The molecule has 10 heteroatoms. The molecule has 1 aliphatic rings. The topological polar surface area (TPSA) is 76.4 Å². The van der Waals surface area contributed by atoms with Gasteiger partial charge >= 0.3 is 12.1 Å². The highest BCUT2D eigenvalue weighted by Crippen LogP contribution is 2.31. The number of nitrogens with zero attached hydrogens (tertiary/aromatic N) is 1. The van der Waals surface area contributed by atoms with Gasteiger partial charge in [0.25, 0.3) is 0 Å². The Morgan fingerprint density at radius 3 is 2.88 bits per heavy atom. The first-order valence-electron chi connectivity index (χ1n) is 7.00. The summed E-state index contributed by atoms with van der Waals surface area (Å²) in [5.41, 5.74) is 0.410. The summed E-state index contributed by atoms with van der Waals surface area (Å²) in [6.45, 7) is 1.75. The zero-order chi connectivity index (χ0) is 16.4. The number of ether oxygens (including phenoxy) is 1. The van der Waals surface area contributed by atoms with E-state index in [2.05, 4.69) is 20.0 Å². The van der Waals surface area contributed by atoms with Crippen molar-refractivity contribution in [1.29, 1.82) is 0 Å². The van der Waals surface area contributed by atoms with E-state index in [4.69, 9.17) is 4.74 Å². The molecule has 3 rings (SSSR count). The van der Waals surface area contributed by atoms with Gasteiger partial charge in [0, 0.05) is 24.7 Å². The Balaban J connectivity index is 0.00000208. The maximum absolute atomic E-state index is 12.6. The van der Waals surface area contributed by atoms with Crippen LogP contribution in [0, 0.1) is 0 Å². The number of fused-ring (bicyclic) bond motifs is 1. The van der Waals surface area contributed by atoms with E-state index in [0.29, 0.717) is 25.4 Å². The van der Waals surface area contributed by atoms with Crippen LogP contribution in [0.1, 0.15) is 12.3 Å². The number of hydrogen-bond acceptors (Lipinski definition) is 5. The number of halogens is 4. The van der Waals surface area contributed by atoms with E-state index < -0.39 is 12.1 Å². The zero-order valence-corrected chi connectivity index (χ0v) is 13.2. The highest BCUT2D eigenvalue weighted by atomic mass is 35.5. The number of rotatable bonds is 3. The van der Waals surface area contributed by atoms with Gasteiger partial charge in [-0.2, -0.15) is 13.2 Å². The normalized spacial score (nSPS) is 18.2. The Morgan fingerprint density at radius 2 is 2.21 bits per heavy atom. The fraction of sp³-hybridized carbons (Fsp3) is 0.429. The van der Waals surface area contributed by atoms with Gasteiger partial charge in [0.15, 0.2) is 5.58 Å². The van der Waals surface area contributed by atoms with E-state index in [1.165, 1.54) is 18.2 Å². The first kappa shape index (κ1) is 18.5. The molecule has 132 valence electrons. The van der Waals surface area contributed by atoms with E-state index in [9.17, 15) is 18.0 Å². The monoisotopic (exact) mass is 365 g/mol. The lowest BCUT2D eigenvalue weighted by atomic mass is 10.2. The van der Waals surface area contributed by atoms with Crippen LogP contribution in [-0.2, 0) is 15.7 Å². The summed E-state index contributed by atoms with van der Waals surface area (Å²) in [7, 11) is 0. The Bertz CT molecular complexity index is 714. The highest BCUT2D eigenvalue weighted by molar-refractivity contribution is 5.93. The lowest BCUT2D eigenvalue weighted by Gasteiger charge is -2.23. The van der Waals surface area contributed by atoms with Crippen LogP contribution in [0.3, 0.4) is 0 Å². The van der Waals surface area contributed by atoms with Crippen molar-refractivity contribution in [3.05, 3.63) is 24.1 Å². The van der Waals surface area contributed by atoms with Crippen molar-refractivity contribution in [2.45, 2.75) is 18.6 Å². The average molecular weight is 366 g/mol. The number of nitrogens with one attached hydrogen (secondary N) is 2. The molecular weight excluding hydrogens is 351 g/mol. The van der Waals surface area contributed by atoms with Gasteiger partial charge in [0.1, 0.15) is 5.52 Å². The largest absolute Gasteiger partial charge is 0.468 e. The van der Waals surface area contributed by atoms with Crippen LogP contribution in [0.5, 0.6) is 0 Å². The molecule has 2 aromatic rings. The lowest BCUT2D eigenvalue weighted by Crippen LogP contribution is -2.43. The molecule has 1 aromatic heterocycles. The number of morpholine rings is 1. The summed E-state index contributed by atoms with van der Waals surface area (Å²) >= 11 is 0. The molecule has 1 aromatic carbocycles. The summed E-state index contributed by atoms with van der Waals surface area (Å²) in [5.74, 6) is -1.56. The van der Waals surface area contributed by atoms with Crippen molar-refractivity contribution in [2.75, 3.05) is 25.1 Å². The van der Waals surface area contributed by atoms with Gasteiger partial charge in [-0.15, -0.1) is 12.4 Å². The summed E-state index contributed by atoms with van der Waals surface area (Å²) in [4.78, 5) is 15.3. The number of carbonyl (C=O) groups excluding carboxylic acids is 1. The number of hydrogen-bond donors (Lipinski definition) is 2. The number of amides is 1. The second-order valence-electron chi connectivity index (χ2n) is 5.18. The quantitative estimate of drug-likeness (QED) is 0.874. The number of oxazole rings is 1. The average Bonchev–Trinajstić information content (AvgIpc) is 2.91. The van der Waals surface area contributed by atoms with Crippen LogP contribution in [0.4, 0.5) is 18.9 Å². The van der Waals surface area contributed by atoms with Gasteiger partial charge in [-0.3, -0.25) is 4.79 Å². The molecule has 1 aliphatic heterocycles. The van der Waals surface area contributed by atoms with Crippen molar-refractivity contribution in [1.82, 2.24) is 10.3 Å². The Hall–Kier alpha value is -1.84. The number of alkyl halides is 3. The molecule has 2 N–H and O–H groups in total. The molecule has 1 unspecified atom stereocenters. The minimum absolute atomic E-state index is 0. The molecule has 6 nitrogen and oxygen atoms in total. The molecule has 0 saturated carbocycles. The smallest absolute Gasteiger partial charge is 0.433 e. The van der Waals surface area contributed by atoms with Gasteiger partial charge in [-0.25, -0.2) is 4.98 Å². The Morgan fingerprint density at radius 1 is 1.42 bits per heavy atom. The number of carbonyl (C=O) groups is 1. The van der Waals surface area contributed by atoms with Crippen LogP contribution >= 0.6 is 12.4 Å². The van der Waals surface area contributed by atoms with Gasteiger partial charge in [-0.1, -0.05) is 0 Å². The maximum atomic E-state index is 12.6. The molecule has 1 fully saturated rings. The molecule has 2 heterocycles. The number of aromatic nitrogens is 1. The third-order valence-corrected chi connectivity index (χ3v) is 3.34. The molecule has 0 bridgehead atoms. The fourth-order valence-corrected chi connectivity index (χ4v) is 2.31. The van der Waals surface area contributed by atoms with E-state index in [1.807, 2.05) is 0 Å². The van der Waals surface area contributed by atoms with Crippen molar-refractivity contribution < 1.29 is 27.1 Å². The predicted octanol–water partition coefficient (Wildman–Crippen LogP) is 2.59. The number of benzene rings is 1. The maximum Gasteiger partial charge on any atom is 0.468 e. The van der Waals surface area contributed by atoms with Gasteiger partial charge in [0.05, 0.1) is 13.2 Å². The highest BCUT2D eigenvalue weighted by Gasteiger charge is 2.37. The molecule has 0 radical (unpaired) electrons. The van der Waals surface area contributed by atoms with E-state index in [1.54, 1.807) is 0 Å². The minimum Gasteiger partial charge on any atom is -0.433 e. The summed E-state index contributed by atoms with van der Waals surface area (Å²) in [6, 6.07) is 4.08. The van der Waals surface area contributed by atoms with Gasteiger partial charge in [0.2, 0.25) is 5.91 Å². The predicted molar refractivity (Wildman–Crippen MR) is 82.1 cm³/mol. The minimum atomic E-state index is -4.64.